The molecule has 0 aliphatic rings. The van der Waals surface area contributed by atoms with Gasteiger partial charge in [-0.15, -0.1) is 12.4 Å². The van der Waals surface area contributed by atoms with Crippen LogP contribution in [0.15, 0.2) is 60.7 Å². The third kappa shape index (κ3) is 12.7. The summed E-state index contributed by atoms with van der Waals surface area (Å²) in [5.41, 5.74) is 1.34. The van der Waals surface area contributed by atoms with Gasteiger partial charge in [-0.05, 0) is 30.5 Å². The van der Waals surface area contributed by atoms with Crippen molar-refractivity contribution in [1.29, 1.82) is 0 Å². The van der Waals surface area contributed by atoms with Crippen LogP contribution in [0.4, 0.5) is 0 Å². The van der Waals surface area contributed by atoms with E-state index in [1.54, 1.807) is 12.1 Å². The summed E-state index contributed by atoms with van der Waals surface area (Å²) in [6.45, 7) is 2.25. The minimum Gasteiger partial charge on any atom is -0.508 e. The Hall–Kier alpha value is -1.47. The predicted molar refractivity (Wildman–Crippen MR) is 103 cm³/mol. The van der Waals surface area contributed by atoms with Crippen molar-refractivity contribution in [3.8, 4) is 5.75 Å². The maximum atomic E-state index is 9.15. The first-order chi connectivity index (χ1) is 10.8. The molecule has 0 bridgehead atoms. The summed E-state index contributed by atoms with van der Waals surface area (Å²) >= 11 is 0. The average molecular weight is 335 g/mol. The van der Waals surface area contributed by atoms with Crippen molar-refractivity contribution in [3.63, 3.8) is 0 Å². The number of aryl methyl sites for hydroxylation is 1. The SMILES string of the molecule is CCCCCCCCCc1ccc(O)cc1.Cl.c1ccccc1. The van der Waals surface area contributed by atoms with Crippen LogP contribution in [-0.4, -0.2) is 5.11 Å². The highest BCUT2D eigenvalue weighted by Crippen LogP contribution is 2.13. The van der Waals surface area contributed by atoms with Crippen LogP contribution in [0.3, 0.4) is 0 Å². The second-order valence-corrected chi connectivity index (χ2v) is 5.69. The summed E-state index contributed by atoms with van der Waals surface area (Å²) in [5, 5.41) is 9.15. The molecule has 0 atom stereocenters. The molecular formula is C21H31ClO. The molecule has 0 spiro atoms. The van der Waals surface area contributed by atoms with Crippen LogP contribution in [-0.2, 0) is 6.42 Å². The Morgan fingerprint density at radius 3 is 1.57 bits per heavy atom. The first-order valence-corrected chi connectivity index (χ1v) is 8.61. The van der Waals surface area contributed by atoms with E-state index in [1.807, 2.05) is 48.5 Å². The van der Waals surface area contributed by atoms with Gasteiger partial charge in [-0.2, -0.15) is 0 Å². The summed E-state index contributed by atoms with van der Waals surface area (Å²) in [5.74, 6) is 0.364. The monoisotopic (exact) mass is 334 g/mol. The molecule has 0 radical (unpaired) electrons. The van der Waals surface area contributed by atoms with Gasteiger partial charge in [0.2, 0.25) is 0 Å². The number of phenols is 1. The minimum atomic E-state index is 0. The molecule has 2 aromatic rings. The van der Waals surface area contributed by atoms with Crippen molar-refractivity contribution in [3.05, 3.63) is 66.2 Å². The Kier molecular flexibility index (Phi) is 14.4. The van der Waals surface area contributed by atoms with E-state index in [-0.39, 0.29) is 12.4 Å². The number of benzene rings is 2. The normalized spacial score (nSPS) is 9.43. The van der Waals surface area contributed by atoms with Crippen molar-refractivity contribution in [2.45, 2.75) is 58.3 Å². The first kappa shape index (κ1) is 21.5. The zero-order chi connectivity index (χ0) is 15.9. The minimum absolute atomic E-state index is 0. The molecule has 2 rings (SSSR count). The number of hydrogen-bond acceptors (Lipinski definition) is 1. The molecule has 0 heterocycles. The van der Waals surface area contributed by atoms with Crippen LogP contribution in [0.5, 0.6) is 5.75 Å². The van der Waals surface area contributed by atoms with Gasteiger partial charge in [0.25, 0.3) is 0 Å². The predicted octanol–water partition coefficient (Wildman–Crippen LogP) is 6.79. The molecule has 128 valence electrons. The summed E-state index contributed by atoms with van der Waals surface area (Å²) in [6.07, 6.45) is 10.6. The molecule has 0 saturated heterocycles. The van der Waals surface area contributed by atoms with Crippen LogP contribution < -0.4 is 0 Å². The second kappa shape index (κ2) is 15.4. The van der Waals surface area contributed by atoms with Crippen LogP contribution >= 0.6 is 12.4 Å². The number of aromatic hydroxyl groups is 1. The fourth-order valence-electron chi connectivity index (χ4n) is 2.33. The number of rotatable bonds is 8. The smallest absolute Gasteiger partial charge is 0.115 e. The Morgan fingerprint density at radius 2 is 1.09 bits per heavy atom. The maximum absolute atomic E-state index is 9.15. The van der Waals surface area contributed by atoms with Gasteiger partial charge in [0.1, 0.15) is 5.75 Å². The number of halogens is 1. The zero-order valence-corrected chi connectivity index (χ0v) is 15.1. The summed E-state index contributed by atoms with van der Waals surface area (Å²) in [6, 6.07) is 19.6. The quantitative estimate of drug-likeness (QED) is 0.526. The first-order valence-electron chi connectivity index (χ1n) is 8.61. The summed E-state index contributed by atoms with van der Waals surface area (Å²) < 4.78 is 0. The van der Waals surface area contributed by atoms with Crippen molar-refractivity contribution < 1.29 is 5.11 Å². The second-order valence-electron chi connectivity index (χ2n) is 5.69. The fourth-order valence-corrected chi connectivity index (χ4v) is 2.33. The topological polar surface area (TPSA) is 20.2 Å². The van der Waals surface area contributed by atoms with Crippen molar-refractivity contribution >= 4 is 12.4 Å². The number of hydrogen-bond donors (Lipinski definition) is 1. The molecule has 0 saturated carbocycles. The van der Waals surface area contributed by atoms with Gasteiger partial charge < -0.3 is 5.11 Å². The standard InChI is InChI=1S/C15H24O.C6H6.ClH/c1-2-3-4-5-6-7-8-9-14-10-12-15(16)13-11-14;1-2-4-6-5-3-1;/h10-13,16H,2-9H2,1H3;1-6H;1H. The van der Waals surface area contributed by atoms with E-state index in [0.717, 1.165) is 6.42 Å². The molecule has 23 heavy (non-hydrogen) atoms. The Balaban J connectivity index is 0.000000581. The van der Waals surface area contributed by atoms with E-state index < -0.39 is 0 Å². The van der Waals surface area contributed by atoms with Crippen LogP contribution in [0.1, 0.15) is 57.4 Å². The maximum Gasteiger partial charge on any atom is 0.115 e. The number of unbranched alkanes of at least 4 members (excludes halogenated alkanes) is 6. The highest BCUT2D eigenvalue weighted by molar-refractivity contribution is 5.85. The van der Waals surface area contributed by atoms with Crippen molar-refractivity contribution in [1.82, 2.24) is 0 Å². The Labute approximate surface area is 148 Å². The van der Waals surface area contributed by atoms with E-state index in [0.29, 0.717) is 5.75 Å². The fraction of sp³-hybridized carbons (Fsp3) is 0.429. The van der Waals surface area contributed by atoms with E-state index in [9.17, 15) is 0 Å². The van der Waals surface area contributed by atoms with Gasteiger partial charge in [-0.25, -0.2) is 0 Å². The highest BCUT2D eigenvalue weighted by atomic mass is 35.5. The van der Waals surface area contributed by atoms with Crippen LogP contribution in [0.2, 0.25) is 0 Å². The largest absolute Gasteiger partial charge is 0.508 e. The van der Waals surface area contributed by atoms with Crippen molar-refractivity contribution in [2.24, 2.45) is 0 Å². The zero-order valence-electron chi connectivity index (χ0n) is 14.3. The van der Waals surface area contributed by atoms with Gasteiger partial charge in [-0.3, -0.25) is 0 Å². The molecule has 0 fully saturated rings. The molecule has 0 aliphatic carbocycles. The third-order valence-electron chi connectivity index (χ3n) is 3.67. The number of phenolic OH excluding ortho intramolecular Hbond substituents is 1. The van der Waals surface area contributed by atoms with Crippen LogP contribution in [0.25, 0.3) is 0 Å². The lowest BCUT2D eigenvalue weighted by molar-refractivity contribution is 0.475. The van der Waals surface area contributed by atoms with Gasteiger partial charge >= 0.3 is 0 Å². The molecular weight excluding hydrogens is 304 g/mol. The third-order valence-corrected chi connectivity index (χ3v) is 3.67. The van der Waals surface area contributed by atoms with Gasteiger partial charge in [0, 0.05) is 0 Å². The molecule has 0 amide bonds. The highest BCUT2D eigenvalue weighted by Gasteiger charge is 1.94. The lowest BCUT2D eigenvalue weighted by atomic mass is 10.0. The Morgan fingerprint density at radius 1 is 0.652 bits per heavy atom. The van der Waals surface area contributed by atoms with E-state index in [2.05, 4.69) is 6.92 Å². The molecule has 0 aliphatic heterocycles. The lowest BCUT2D eigenvalue weighted by Gasteiger charge is -2.02. The molecule has 2 aromatic carbocycles. The van der Waals surface area contributed by atoms with E-state index >= 15 is 0 Å². The van der Waals surface area contributed by atoms with Gasteiger partial charge in [0.15, 0.2) is 0 Å². The van der Waals surface area contributed by atoms with E-state index in [1.165, 1.54) is 50.5 Å². The van der Waals surface area contributed by atoms with Crippen molar-refractivity contribution in [2.75, 3.05) is 0 Å². The molecule has 2 heteroatoms. The van der Waals surface area contributed by atoms with Gasteiger partial charge in [-0.1, -0.05) is 94.0 Å². The van der Waals surface area contributed by atoms with Gasteiger partial charge in [0.05, 0.1) is 0 Å². The average Bonchev–Trinajstić information content (AvgIpc) is 2.58. The molecule has 1 nitrogen and oxygen atoms in total. The molecule has 1 N–H and O–H groups in total. The Bertz CT molecular complexity index is 426. The summed E-state index contributed by atoms with van der Waals surface area (Å²) in [4.78, 5) is 0. The lowest BCUT2D eigenvalue weighted by Crippen LogP contribution is -1.85. The van der Waals surface area contributed by atoms with Crippen LogP contribution in [0, 0.1) is 0 Å². The summed E-state index contributed by atoms with van der Waals surface area (Å²) in [7, 11) is 0. The van der Waals surface area contributed by atoms with E-state index in [4.69, 9.17) is 5.11 Å². The molecule has 0 unspecified atom stereocenters. The molecule has 0 aromatic heterocycles.